The lowest BCUT2D eigenvalue weighted by atomic mass is 10.2. The van der Waals surface area contributed by atoms with Crippen LogP contribution in [0.15, 0.2) is 30.3 Å². The first-order valence-corrected chi connectivity index (χ1v) is 6.37. The van der Waals surface area contributed by atoms with Crippen LogP contribution in [0.25, 0.3) is 0 Å². The van der Waals surface area contributed by atoms with Gasteiger partial charge in [-0.3, -0.25) is 4.79 Å². The van der Waals surface area contributed by atoms with Crippen LogP contribution in [0.1, 0.15) is 31.2 Å². The fourth-order valence-corrected chi connectivity index (χ4v) is 1.34. The van der Waals surface area contributed by atoms with Crippen molar-refractivity contribution in [1.29, 1.82) is 10.8 Å². The van der Waals surface area contributed by atoms with Gasteiger partial charge in [0.2, 0.25) is 12.2 Å². The maximum absolute atomic E-state index is 10.5. The summed E-state index contributed by atoms with van der Waals surface area (Å²) in [4.78, 5) is 27.2. The monoisotopic (exact) mass is 292 g/mol. The average molecular weight is 292 g/mol. The van der Waals surface area contributed by atoms with E-state index in [2.05, 4.69) is 19.1 Å². The summed E-state index contributed by atoms with van der Waals surface area (Å²) < 4.78 is 4.76. The highest BCUT2D eigenvalue weighted by molar-refractivity contribution is 5.69. The molecule has 0 unspecified atom stereocenters. The van der Waals surface area contributed by atoms with E-state index in [9.17, 15) is 4.79 Å². The van der Waals surface area contributed by atoms with Crippen molar-refractivity contribution in [1.82, 2.24) is 0 Å². The molecule has 2 rings (SSSR count). The number of carbonyl (C=O) groups excluding carboxylic acids is 3. The predicted molar refractivity (Wildman–Crippen MR) is 77.4 cm³/mol. The first-order valence-electron chi connectivity index (χ1n) is 6.37. The zero-order valence-corrected chi connectivity index (χ0v) is 12.1. The van der Waals surface area contributed by atoms with Crippen LogP contribution in [0.2, 0.25) is 0 Å². The number of benzene rings is 1. The summed E-state index contributed by atoms with van der Waals surface area (Å²) >= 11 is 0. The molecule has 1 heterocycles. The van der Waals surface area contributed by atoms with Crippen molar-refractivity contribution in [3.63, 3.8) is 0 Å². The smallest absolute Gasteiger partial charge is 0.305 e. The highest BCUT2D eigenvalue weighted by Gasteiger charge is 2.05. The number of isocyanates is 2. The topological polar surface area (TPSA) is 108 Å². The van der Waals surface area contributed by atoms with Crippen LogP contribution in [-0.4, -0.2) is 24.7 Å². The van der Waals surface area contributed by atoms with Crippen molar-refractivity contribution in [3.8, 4) is 0 Å². The molecule has 1 aliphatic heterocycles. The summed E-state index contributed by atoms with van der Waals surface area (Å²) in [5.41, 5.74) is 1.32. The van der Waals surface area contributed by atoms with Crippen molar-refractivity contribution in [2.75, 3.05) is 6.61 Å². The minimum Gasteiger partial charge on any atom is -0.466 e. The highest BCUT2D eigenvalue weighted by atomic mass is 16.5. The van der Waals surface area contributed by atoms with Gasteiger partial charge in [-0.1, -0.05) is 35.9 Å². The average Bonchev–Trinajstić information content (AvgIpc) is 2.70. The molecule has 0 aromatic heterocycles. The van der Waals surface area contributed by atoms with Gasteiger partial charge in [-0.2, -0.15) is 0 Å². The van der Waals surface area contributed by atoms with Gasteiger partial charge in [0.15, 0.2) is 0 Å². The van der Waals surface area contributed by atoms with Crippen LogP contribution >= 0.6 is 0 Å². The predicted octanol–water partition coefficient (Wildman–Crippen LogP) is 2.90. The number of ether oxygens (including phenoxy) is 1. The molecule has 114 valence electrons. The highest BCUT2D eigenvalue weighted by Crippen LogP contribution is 2.06. The van der Waals surface area contributed by atoms with E-state index in [0.29, 0.717) is 13.0 Å². The quantitative estimate of drug-likeness (QED) is 0.435. The first-order chi connectivity index (χ1) is 10.1. The third-order valence-corrected chi connectivity index (χ3v) is 2.23. The van der Waals surface area contributed by atoms with Gasteiger partial charge in [0.05, 0.1) is 6.61 Å². The van der Waals surface area contributed by atoms with Crippen LogP contribution in [0.3, 0.4) is 0 Å². The van der Waals surface area contributed by atoms with Crippen molar-refractivity contribution in [2.24, 2.45) is 0 Å². The summed E-state index contributed by atoms with van der Waals surface area (Å²) in [6, 6.07) is 10.3. The third kappa shape index (κ3) is 19.9. The molecule has 0 radical (unpaired) electrons. The number of nitrogens with one attached hydrogen (secondary N) is 2. The van der Waals surface area contributed by atoms with Crippen LogP contribution in [0.4, 0.5) is 0 Å². The Morgan fingerprint density at radius 2 is 1.52 bits per heavy atom. The van der Waals surface area contributed by atoms with E-state index >= 15 is 0 Å². The van der Waals surface area contributed by atoms with E-state index in [1.54, 1.807) is 0 Å². The van der Waals surface area contributed by atoms with Crippen LogP contribution in [0, 0.1) is 17.7 Å². The van der Waals surface area contributed by atoms with Gasteiger partial charge < -0.3 is 4.74 Å². The van der Waals surface area contributed by atoms with Crippen molar-refractivity contribution >= 4 is 18.1 Å². The van der Waals surface area contributed by atoms with E-state index in [0.717, 1.165) is 31.4 Å². The summed E-state index contributed by atoms with van der Waals surface area (Å²) in [5.74, 6) is -0.0255. The summed E-state index contributed by atoms with van der Waals surface area (Å²) in [6.45, 7) is 2.72. The Morgan fingerprint density at radius 1 is 1.00 bits per heavy atom. The van der Waals surface area contributed by atoms with E-state index in [1.165, 1.54) is 5.56 Å². The Hall–Kier alpha value is -2.55. The zero-order valence-electron chi connectivity index (χ0n) is 12.1. The Bertz CT molecular complexity index is 412. The molecule has 1 aliphatic rings. The zero-order chi connectivity index (χ0) is 16.3. The first kappa shape index (κ1) is 20.8. The van der Waals surface area contributed by atoms with Crippen LogP contribution in [0.5, 0.6) is 0 Å². The molecule has 0 bridgehead atoms. The number of esters is 1. The second kappa shape index (κ2) is 17.4. The fraction of sp³-hybridized carbons (Fsp3) is 0.400. The Balaban J connectivity index is 0. The number of aryl methyl sites for hydroxylation is 1. The molecule has 0 atom stereocenters. The van der Waals surface area contributed by atoms with Crippen molar-refractivity contribution < 1.29 is 19.1 Å². The lowest BCUT2D eigenvalue weighted by Gasteiger charge is -1.93. The molecule has 6 heteroatoms. The Labute approximate surface area is 124 Å². The van der Waals surface area contributed by atoms with Gasteiger partial charge in [0.1, 0.15) is 0 Å². The molecular formula is C15H20N2O4. The maximum Gasteiger partial charge on any atom is 0.305 e. The molecule has 6 nitrogen and oxygen atoms in total. The lowest BCUT2D eigenvalue weighted by Crippen LogP contribution is -2.00. The normalized spacial score (nSPS) is 12.0. The largest absolute Gasteiger partial charge is 0.466 e. The van der Waals surface area contributed by atoms with E-state index < -0.39 is 0 Å². The minimum absolute atomic E-state index is 0.0255. The van der Waals surface area contributed by atoms with Crippen LogP contribution in [-0.2, 0) is 19.1 Å². The molecule has 0 saturated carbocycles. The Kier molecular flexibility index (Phi) is 17.3. The number of rotatable bonds is 0. The SMILES string of the molecule is Cc1ccccc1.N=C=O.N=C=O.O=C1CCCCCO1. The lowest BCUT2D eigenvalue weighted by molar-refractivity contribution is -0.142. The molecule has 0 amide bonds. The van der Waals surface area contributed by atoms with Gasteiger partial charge in [-0.05, 0) is 26.2 Å². The summed E-state index contributed by atoms with van der Waals surface area (Å²) in [7, 11) is 0. The van der Waals surface area contributed by atoms with Gasteiger partial charge >= 0.3 is 5.97 Å². The van der Waals surface area contributed by atoms with Crippen molar-refractivity contribution in [3.05, 3.63) is 35.9 Å². The second-order valence-corrected chi connectivity index (χ2v) is 3.89. The van der Waals surface area contributed by atoms with Crippen molar-refractivity contribution in [2.45, 2.75) is 32.6 Å². The molecular weight excluding hydrogens is 272 g/mol. The number of cyclic esters (lactones) is 1. The van der Waals surface area contributed by atoms with Gasteiger partial charge in [0, 0.05) is 6.42 Å². The van der Waals surface area contributed by atoms with Crippen LogP contribution < -0.4 is 0 Å². The van der Waals surface area contributed by atoms with E-state index in [1.807, 2.05) is 18.2 Å². The minimum atomic E-state index is -0.0255. The standard InChI is InChI=1S/C7H8.C6H10O2.2CHNO/c1-7-5-3-2-4-6-7;7-6-4-2-1-3-5-8-6;2*2-1-3/h2-6H,1H3;1-5H2;2*2H. The number of carbonyl (C=O) groups is 1. The molecule has 1 aromatic carbocycles. The van der Waals surface area contributed by atoms with Gasteiger partial charge in [-0.15, -0.1) is 0 Å². The molecule has 1 fully saturated rings. The number of hydrogen-bond donors (Lipinski definition) is 2. The molecule has 1 saturated heterocycles. The molecule has 0 spiro atoms. The van der Waals surface area contributed by atoms with Gasteiger partial charge in [-0.25, -0.2) is 20.4 Å². The summed E-state index contributed by atoms with van der Waals surface area (Å²) in [5, 5.41) is 10.8. The Morgan fingerprint density at radius 3 is 1.95 bits per heavy atom. The van der Waals surface area contributed by atoms with E-state index in [4.69, 9.17) is 25.1 Å². The third-order valence-electron chi connectivity index (χ3n) is 2.23. The van der Waals surface area contributed by atoms with Gasteiger partial charge in [0.25, 0.3) is 0 Å². The molecule has 21 heavy (non-hydrogen) atoms. The fourth-order valence-electron chi connectivity index (χ4n) is 1.34. The molecule has 2 N–H and O–H groups in total. The molecule has 0 aliphatic carbocycles. The van der Waals surface area contributed by atoms with E-state index in [-0.39, 0.29) is 5.97 Å². The molecule has 1 aromatic rings. The summed E-state index contributed by atoms with van der Waals surface area (Å²) in [6.07, 6.45) is 5.33. The maximum atomic E-state index is 10.5. The second-order valence-electron chi connectivity index (χ2n) is 3.89. The number of hydrogen-bond acceptors (Lipinski definition) is 6.